The summed E-state index contributed by atoms with van der Waals surface area (Å²) in [6.45, 7) is 0.628. The van der Waals surface area contributed by atoms with Gasteiger partial charge in [-0.2, -0.15) is 0 Å². The van der Waals surface area contributed by atoms with Crippen molar-refractivity contribution in [2.45, 2.75) is 6.10 Å². The molecule has 15 heavy (non-hydrogen) atoms. The third-order valence-electron chi connectivity index (χ3n) is 1.80. The number of nitrogens with one attached hydrogen (secondary N) is 1. The molecule has 1 rings (SSSR count). The van der Waals surface area contributed by atoms with Gasteiger partial charge in [-0.25, -0.2) is 0 Å². The molecule has 0 fully saturated rings. The molecule has 0 aliphatic carbocycles. The first-order chi connectivity index (χ1) is 7.18. The van der Waals surface area contributed by atoms with E-state index in [1.807, 2.05) is 30.3 Å². The Hall–Kier alpha value is -1.75. The molecule has 82 valence electrons. The highest BCUT2D eigenvalue weighted by atomic mass is 16.3. The molecule has 0 unspecified atom stereocenters. The number of guanidine groups is 1. The molecule has 1 aromatic rings. The number of aliphatic imine (C=N–C) groups is 1. The van der Waals surface area contributed by atoms with E-state index in [9.17, 15) is 5.11 Å². The fraction of sp³-hybridized carbons (Fsp3) is 0.300. The van der Waals surface area contributed by atoms with E-state index in [2.05, 4.69) is 10.3 Å². The molecule has 6 N–H and O–H groups in total. The van der Waals surface area contributed by atoms with Gasteiger partial charge in [0.25, 0.3) is 0 Å². The minimum absolute atomic E-state index is 0.00578. The molecule has 0 radical (unpaired) electrons. The zero-order valence-electron chi connectivity index (χ0n) is 8.43. The van der Waals surface area contributed by atoms with Crippen molar-refractivity contribution in [3.05, 3.63) is 30.3 Å². The third-order valence-corrected chi connectivity index (χ3v) is 1.80. The Bertz CT molecular complexity index is 308. The van der Waals surface area contributed by atoms with Crippen LogP contribution in [-0.4, -0.2) is 30.3 Å². The van der Waals surface area contributed by atoms with E-state index >= 15 is 0 Å². The van der Waals surface area contributed by atoms with Crippen LogP contribution in [0.1, 0.15) is 0 Å². The number of hydrogen-bond donors (Lipinski definition) is 4. The van der Waals surface area contributed by atoms with Crippen molar-refractivity contribution in [2.24, 2.45) is 16.5 Å². The predicted molar refractivity (Wildman–Crippen MR) is 61.6 cm³/mol. The number of nitrogens with two attached hydrogens (primary N) is 2. The smallest absolute Gasteiger partial charge is 0.185 e. The summed E-state index contributed by atoms with van der Waals surface area (Å²) in [4.78, 5) is 3.72. The molecule has 1 aromatic carbocycles. The second-order valence-corrected chi connectivity index (χ2v) is 3.17. The summed E-state index contributed by atoms with van der Waals surface area (Å²) in [5.74, 6) is -0.00578. The Kier molecular flexibility index (Phi) is 4.43. The molecule has 0 aromatic heterocycles. The second-order valence-electron chi connectivity index (χ2n) is 3.17. The summed E-state index contributed by atoms with van der Waals surface area (Å²) < 4.78 is 0. The number of nitrogens with zero attached hydrogens (tertiary/aromatic N) is 1. The zero-order valence-corrected chi connectivity index (χ0v) is 8.43. The summed E-state index contributed by atoms with van der Waals surface area (Å²) in [6, 6.07) is 9.62. The van der Waals surface area contributed by atoms with Gasteiger partial charge in [0.1, 0.15) is 0 Å². The molecule has 0 spiro atoms. The third kappa shape index (κ3) is 4.87. The lowest BCUT2D eigenvalue weighted by Crippen LogP contribution is -2.28. The molecule has 5 nitrogen and oxygen atoms in total. The minimum atomic E-state index is -0.590. The fourth-order valence-electron chi connectivity index (χ4n) is 1.07. The number of aliphatic hydroxyl groups is 1. The summed E-state index contributed by atoms with van der Waals surface area (Å²) in [7, 11) is 0. The Labute approximate surface area is 88.8 Å². The van der Waals surface area contributed by atoms with E-state index < -0.39 is 6.10 Å². The van der Waals surface area contributed by atoms with E-state index in [4.69, 9.17) is 11.5 Å². The van der Waals surface area contributed by atoms with Gasteiger partial charge in [0.2, 0.25) is 0 Å². The predicted octanol–water partition coefficient (Wildman–Crippen LogP) is -0.267. The Morgan fingerprint density at radius 3 is 2.60 bits per heavy atom. The highest BCUT2D eigenvalue weighted by Gasteiger charge is 2.02. The van der Waals surface area contributed by atoms with E-state index in [0.717, 1.165) is 5.69 Å². The van der Waals surface area contributed by atoms with Gasteiger partial charge in [-0.05, 0) is 12.1 Å². The van der Waals surface area contributed by atoms with Crippen molar-refractivity contribution in [3.63, 3.8) is 0 Å². The fourth-order valence-corrected chi connectivity index (χ4v) is 1.07. The van der Waals surface area contributed by atoms with Crippen LogP contribution in [0.2, 0.25) is 0 Å². The molecular weight excluding hydrogens is 192 g/mol. The summed E-state index contributed by atoms with van der Waals surface area (Å²) in [5, 5.41) is 12.5. The first-order valence-corrected chi connectivity index (χ1v) is 4.71. The molecule has 0 aliphatic rings. The van der Waals surface area contributed by atoms with Crippen LogP contribution in [0.25, 0.3) is 0 Å². The molecule has 0 amide bonds. The maximum Gasteiger partial charge on any atom is 0.185 e. The highest BCUT2D eigenvalue weighted by Crippen LogP contribution is 2.04. The van der Waals surface area contributed by atoms with Crippen LogP contribution in [0, 0.1) is 0 Å². The van der Waals surface area contributed by atoms with Gasteiger partial charge >= 0.3 is 0 Å². The first kappa shape index (κ1) is 11.3. The maximum absolute atomic E-state index is 9.48. The van der Waals surface area contributed by atoms with E-state index in [1.54, 1.807) is 0 Å². The monoisotopic (exact) mass is 208 g/mol. The molecule has 1 atom stereocenters. The average molecular weight is 208 g/mol. The topological polar surface area (TPSA) is 96.7 Å². The molecule has 0 heterocycles. The molecule has 0 aliphatic heterocycles. The van der Waals surface area contributed by atoms with Crippen molar-refractivity contribution in [1.82, 2.24) is 0 Å². The molecule has 0 saturated heterocycles. The van der Waals surface area contributed by atoms with Gasteiger partial charge in [-0.15, -0.1) is 0 Å². The molecule has 0 bridgehead atoms. The second kappa shape index (κ2) is 5.87. The van der Waals surface area contributed by atoms with Crippen molar-refractivity contribution in [1.29, 1.82) is 0 Å². The molecule has 5 heteroatoms. The number of para-hydroxylation sites is 1. The summed E-state index contributed by atoms with van der Waals surface area (Å²) in [6.07, 6.45) is -0.590. The van der Waals surface area contributed by atoms with Gasteiger partial charge in [0.15, 0.2) is 5.96 Å². The normalized spacial score (nSPS) is 11.8. The lowest BCUT2D eigenvalue weighted by Gasteiger charge is -2.10. The zero-order chi connectivity index (χ0) is 11.1. The first-order valence-electron chi connectivity index (χ1n) is 4.71. The standard InChI is InChI=1S/C10H16N4O/c11-10(12)14-7-9(15)6-13-8-4-2-1-3-5-8/h1-5,9,13,15H,6-7H2,(H4,11,12,14)/t9-/m1/s1. The number of aliphatic hydroxyl groups excluding tert-OH is 1. The average Bonchev–Trinajstić information content (AvgIpc) is 2.25. The van der Waals surface area contributed by atoms with Crippen LogP contribution in [0.3, 0.4) is 0 Å². The van der Waals surface area contributed by atoms with Gasteiger partial charge in [-0.1, -0.05) is 18.2 Å². The van der Waals surface area contributed by atoms with E-state index in [-0.39, 0.29) is 12.5 Å². The van der Waals surface area contributed by atoms with Crippen LogP contribution < -0.4 is 16.8 Å². The lowest BCUT2D eigenvalue weighted by molar-refractivity contribution is 0.196. The number of rotatable bonds is 5. The van der Waals surface area contributed by atoms with Crippen LogP contribution >= 0.6 is 0 Å². The Morgan fingerprint density at radius 2 is 2.00 bits per heavy atom. The molecule has 0 saturated carbocycles. The van der Waals surface area contributed by atoms with Crippen molar-refractivity contribution in [2.75, 3.05) is 18.4 Å². The Morgan fingerprint density at radius 1 is 1.33 bits per heavy atom. The maximum atomic E-state index is 9.48. The number of benzene rings is 1. The summed E-state index contributed by atoms with van der Waals surface area (Å²) >= 11 is 0. The van der Waals surface area contributed by atoms with Gasteiger partial charge in [0.05, 0.1) is 12.6 Å². The SMILES string of the molecule is NC(N)=NC[C@H](O)CNc1ccccc1. The van der Waals surface area contributed by atoms with Crippen LogP contribution in [0.5, 0.6) is 0 Å². The van der Waals surface area contributed by atoms with Gasteiger partial charge in [0, 0.05) is 12.2 Å². The van der Waals surface area contributed by atoms with Gasteiger partial charge < -0.3 is 21.9 Å². The quantitative estimate of drug-likeness (QED) is 0.395. The van der Waals surface area contributed by atoms with Crippen molar-refractivity contribution < 1.29 is 5.11 Å². The Balaban J connectivity index is 2.28. The number of anilines is 1. The van der Waals surface area contributed by atoms with Crippen LogP contribution in [0.15, 0.2) is 35.3 Å². The van der Waals surface area contributed by atoms with Crippen molar-refractivity contribution in [3.8, 4) is 0 Å². The van der Waals surface area contributed by atoms with Crippen LogP contribution in [-0.2, 0) is 0 Å². The largest absolute Gasteiger partial charge is 0.389 e. The summed E-state index contributed by atoms with van der Waals surface area (Å²) in [5.41, 5.74) is 11.2. The lowest BCUT2D eigenvalue weighted by atomic mass is 10.3. The van der Waals surface area contributed by atoms with Crippen molar-refractivity contribution >= 4 is 11.6 Å². The highest BCUT2D eigenvalue weighted by molar-refractivity contribution is 5.75. The van der Waals surface area contributed by atoms with E-state index in [0.29, 0.717) is 6.54 Å². The van der Waals surface area contributed by atoms with E-state index in [1.165, 1.54) is 0 Å². The van der Waals surface area contributed by atoms with Gasteiger partial charge in [-0.3, -0.25) is 4.99 Å². The molecular formula is C10H16N4O. The van der Waals surface area contributed by atoms with Crippen LogP contribution in [0.4, 0.5) is 5.69 Å². The minimum Gasteiger partial charge on any atom is -0.389 e. The number of hydrogen-bond acceptors (Lipinski definition) is 3.